The minimum atomic E-state index is -3.08. The predicted molar refractivity (Wildman–Crippen MR) is 41.2 cm³/mol. The second-order valence-electron chi connectivity index (χ2n) is 2.29. The van der Waals surface area contributed by atoms with Gasteiger partial charge >= 0.3 is 0 Å². The quantitative estimate of drug-likeness (QED) is 0.374. The van der Waals surface area contributed by atoms with Gasteiger partial charge in [-0.2, -0.15) is 0 Å². The summed E-state index contributed by atoms with van der Waals surface area (Å²) in [5.41, 5.74) is 9.18. The summed E-state index contributed by atoms with van der Waals surface area (Å²) in [6.07, 6.45) is 2.28. The van der Waals surface area contributed by atoms with Crippen molar-refractivity contribution in [1.82, 2.24) is 0 Å². The fourth-order valence-corrected chi connectivity index (χ4v) is 0.372. The van der Waals surface area contributed by atoms with E-state index in [-0.39, 0.29) is 5.70 Å². The smallest absolute Gasteiger partial charge is 0.284 e. The molecule has 0 unspecified atom stereocenters. The summed E-state index contributed by atoms with van der Waals surface area (Å²) >= 11 is 0. The van der Waals surface area contributed by atoms with Gasteiger partial charge in [-0.3, -0.25) is 4.79 Å². The number of halogens is 2. The highest BCUT2D eigenvalue weighted by molar-refractivity contribution is 5.72. The Morgan fingerprint density at radius 3 is 2.17 bits per heavy atom. The SMILES string of the molecule is CC(F)(F)/C(N)=C/C=C(\N)C=O. The third kappa shape index (κ3) is 3.70. The molecule has 5 heteroatoms. The second kappa shape index (κ2) is 3.85. The highest BCUT2D eigenvalue weighted by Gasteiger charge is 2.23. The Balaban J connectivity index is 4.49. The average molecular weight is 176 g/mol. The van der Waals surface area contributed by atoms with Gasteiger partial charge in [0.1, 0.15) is 0 Å². The van der Waals surface area contributed by atoms with Crippen molar-refractivity contribution < 1.29 is 13.6 Å². The molecule has 0 bridgehead atoms. The Hall–Kier alpha value is -1.39. The molecule has 0 saturated heterocycles. The summed E-state index contributed by atoms with van der Waals surface area (Å²) in [6, 6.07) is 0. The molecule has 0 aromatic heterocycles. The predicted octanol–water partition coefficient (Wildman–Crippen LogP) is 0.526. The van der Waals surface area contributed by atoms with Gasteiger partial charge in [0.05, 0.1) is 11.4 Å². The molecule has 4 N–H and O–H groups in total. The molecule has 0 radical (unpaired) electrons. The van der Waals surface area contributed by atoms with Crippen LogP contribution in [-0.2, 0) is 4.79 Å². The molecule has 0 spiro atoms. The van der Waals surface area contributed by atoms with Gasteiger partial charge < -0.3 is 11.5 Å². The molecule has 3 nitrogen and oxygen atoms in total. The molecule has 0 aliphatic heterocycles. The van der Waals surface area contributed by atoms with Crippen molar-refractivity contribution >= 4 is 6.29 Å². The average Bonchev–Trinajstić information content (AvgIpc) is 1.97. The molecule has 0 amide bonds. The van der Waals surface area contributed by atoms with Gasteiger partial charge in [0.25, 0.3) is 5.92 Å². The standard InChI is InChI=1S/C7H10F2N2O/c1-7(8,9)6(11)3-2-5(10)4-12/h2-4H,10-11H2,1H3/b5-2-,6-3-. The lowest BCUT2D eigenvalue weighted by atomic mass is 10.2. The van der Waals surface area contributed by atoms with Crippen LogP contribution in [0.3, 0.4) is 0 Å². The van der Waals surface area contributed by atoms with Crippen LogP contribution in [0.15, 0.2) is 23.5 Å². The number of hydrogen-bond acceptors (Lipinski definition) is 3. The molecule has 0 fully saturated rings. The number of hydrogen-bond donors (Lipinski definition) is 2. The first kappa shape index (κ1) is 10.6. The van der Waals surface area contributed by atoms with Gasteiger partial charge in [-0.25, -0.2) is 8.78 Å². The fourth-order valence-electron chi connectivity index (χ4n) is 0.372. The molecular formula is C7H10F2N2O. The topological polar surface area (TPSA) is 69.1 Å². The van der Waals surface area contributed by atoms with Crippen LogP contribution in [0.4, 0.5) is 8.78 Å². The van der Waals surface area contributed by atoms with E-state index in [1.807, 2.05) is 0 Å². The third-order valence-corrected chi connectivity index (χ3v) is 1.10. The minimum Gasteiger partial charge on any atom is -0.397 e. The molecular weight excluding hydrogens is 166 g/mol. The minimum absolute atomic E-state index is 0.151. The number of carbonyl (C=O) groups is 1. The lowest BCUT2D eigenvalue weighted by Crippen LogP contribution is -2.20. The van der Waals surface area contributed by atoms with E-state index in [0.29, 0.717) is 13.2 Å². The largest absolute Gasteiger partial charge is 0.397 e. The van der Waals surface area contributed by atoms with Crippen LogP contribution in [0, 0.1) is 0 Å². The van der Waals surface area contributed by atoms with E-state index in [4.69, 9.17) is 11.5 Å². The van der Waals surface area contributed by atoms with Crippen molar-refractivity contribution in [3.05, 3.63) is 23.5 Å². The third-order valence-electron chi connectivity index (χ3n) is 1.10. The Kier molecular flexibility index (Phi) is 3.40. The first-order valence-electron chi connectivity index (χ1n) is 3.14. The van der Waals surface area contributed by atoms with Crippen molar-refractivity contribution in [3.8, 4) is 0 Å². The first-order chi connectivity index (χ1) is 5.38. The number of rotatable bonds is 3. The van der Waals surface area contributed by atoms with E-state index in [1.165, 1.54) is 0 Å². The highest BCUT2D eigenvalue weighted by atomic mass is 19.3. The molecule has 12 heavy (non-hydrogen) atoms. The molecule has 68 valence electrons. The van der Waals surface area contributed by atoms with E-state index in [2.05, 4.69) is 0 Å². The van der Waals surface area contributed by atoms with E-state index in [0.717, 1.165) is 12.2 Å². The van der Waals surface area contributed by atoms with Gasteiger partial charge in [0.15, 0.2) is 6.29 Å². The normalized spacial score (nSPS) is 14.6. The molecule has 0 rings (SSSR count). The molecule has 0 aliphatic rings. The van der Waals surface area contributed by atoms with Crippen molar-refractivity contribution in [2.24, 2.45) is 11.5 Å². The molecule has 0 aliphatic carbocycles. The zero-order valence-electron chi connectivity index (χ0n) is 6.55. The molecule has 0 aromatic rings. The van der Waals surface area contributed by atoms with Crippen LogP contribution in [0.25, 0.3) is 0 Å². The van der Waals surface area contributed by atoms with Crippen LogP contribution >= 0.6 is 0 Å². The fraction of sp³-hybridized carbons (Fsp3) is 0.286. The molecule has 0 heterocycles. The summed E-state index contributed by atoms with van der Waals surface area (Å²) in [4.78, 5) is 9.92. The van der Waals surface area contributed by atoms with Crippen LogP contribution in [0.5, 0.6) is 0 Å². The number of carbonyl (C=O) groups excluding carboxylic acids is 1. The van der Waals surface area contributed by atoms with Crippen LogP contribution in [0.1, 0.15) is 6.92 Å². The number of nitrogens with two attached hydrogens (primary N) is 2. The Morgan fingerprint density at radius 2 is 1.83 bits per heavy atom. The summed E-state index contributed by atoms with van der Waals surface area (Å²) in [6.45, 7) is 0.657. The van der Waals surface area contributed by atoms with Crippen molar-refractivity contribution in [2.45, 2.75) is 12.8 Å². The number of alkyl halides is 2. The summed E-state index contributed by atoms with van der Waals surface area (Å²) in [5, 5.41) is 0. The summed E-state index contributed by atoms with van der Waals surface area (Å²) in [5.74, 6) is -3.08. The van der Waals surface area contributed by atoms with Crippen molar-refractivity contribution in [2.75, 3.05) is 0 Å². The van der Waals surface area contributed by atoms with Crippen molar-refractivity contribution in [3.63, 3.8) is 0 Å². The molecule has 0 saturated carbocycles. The van der Waals surface area contributed by atoms with Crippen LogP contribution in [0.2, 0.25) is 0 Å². The van der Waals surface area contributed by atoms with E-state index in [9.17, 15) is 13.6 Å². The first-order valence-corrected chi connectivity index (χ1v) is 3.14. The lowest BCUT2D eigenvalue weighted by Gasteiger charge is -2.08. The van der Waals surface area contributed by atoms with Crippen molar-refractivity contribution in [1.29, 1.82) is 0 Å². The van der Waals surface area contributed by atoms with Gasteiger partial charge in [0.2, 0.25) is 0 Å². The maximum Gasteiger partial charge on any atom is 0.284 e. The Bertz CT molecular complexity index is 228. The van der Waals surface area contributed by atoms with Gasteiger partial charge in [-0.05, 0) is 12.2 Å². The molecule has 0 atom stereocenters. The summed E-state index contributed by atoms with van der Waals surface area (Å²) < 4.78 is 24.6. The Morgan fingerprint density at radius 1 is 1.33 bits per heavy atom. The summed E-state index contributed by atoms with van der Waals surface area (Å²) in [7, 11) is 0. The second-order valence-corrected chi connectivity index (χ2v) is 2.29. The van der Waals surface area contributed by atoms with Gasteiger partial charge in [-0.15, -0.1) is 0 Å². The van der Waals surface area contributed by atoms with Gasteiger partial charge in [-0.1, -0.05) is 0 Å². The molecule has 0 aromatic carbocycles. The zero-order chi connectivity index (χ0) is 9.78. The van der Waals surface area contributed by atoms with Crippen LogP contribution in [-0.4, -0.2) is 12.2 Å². The lowest BCUT2D eigenvalue weighted by molar-refractivity contribution is -0.104. The maximum absolute atomic E-state index is 12.3. The number of allylic oxidation sites excluding steroid dienone is 4. The number of aldehydes is 1. The monoisotopic (exact) mass is 176 g/mol. The van der Waals surface area contributed by atoms with Crippen LogP contribution < -0.4 is 11.5 Å². The Labute approximate surface area is 68.7 Å². The van der Waals surface area contributed by atoms with E-state index < -0.39 is 11.6 Å². The van der Waals surface area contributed by atoms with E-state index >= 15 is 0 Å². The zero-order valence-corrected chi connectivity index (χ0v) is 6.55. The van der Waals surface area contributed by atoms with Gasteiger partial charge in [0, 0.05) is 6.92 Å². The van der Waals surface area contributed by atoms with E-state index in [1.54, 1.807) is 0 Å². The maximum atomic E-state index is 12.3. The highest BCUT2D eigenvalue weighted by Crippen LogP contribution is 2.18.